The Hall–Kier alpha value is -2.56. The minimum absolute atomic E-state index is 0.199. The van der Waals surface area contributed by atoms with Crippen LogP contribution in [0.4, 0.5) is 5.82 Å². The second-order valence-electron chi connectivity index (χ2n) is 4.55. The Labute approximate surface area is 110 Å². The van der Waals surface area contributed by atoms with Crippen molar-refractivity contribution in [3.63, 3.8) is 0 Å². The number of aromatic amines is 1. The molecule has 0 saturated heterocycles. The van der Waals surface area contributed by atoms with Gasteiger partial charge >= 0.3 is 0 Å². The first-order valence-electron chi connectivity index (χ1n) is 5.98. The van der Waals surface area contributed by atoms with Gasteiger partial charge in [0.1, 0.15) is 11.4 Å². The van der Waals surface area contributed by atoms with Gasteiger partial charge in [-0.2, -0.15) is 0 Å². The van der Waals surface area contributed by atoms with Crippen molar-refractivity contribution in [3.8, 4) is 17.0 Å². The number of H-pyrrole nitrogens is 1. The fourth-order valence-electron chi connectivity index (χ4n) is 2.15. The van der Waals surface area contributed by atoms with Crippen molar-refractivity contribution in [3.05, 3.63) is 36.5 Å². The van der Waals surface area contributed by atoms with Crippen molar-refractivity contribution >= 4 is 16.7 Å². The highest BCUT2D eigenvalue weighted by Crippen LogP contribution is 2.33. The number of phenols is 1. The normalized spacial score (nSPS) is 10.8. The van der Waals surface area contributed by atoms with Crippen molar-refractivity contribution in [1.29, 1.82) is 0 Å². The number of nitrogens with zero attached hydrogens (tertiary/aromatic N) is 3. The molecule has 3 rings (SSSR count). The second-order valence-corrected chi connectivity index (χ2v) is 4.55. The summed E-state index contributed by atoms with van der Waals surface area (Å²) in [5.74, 6) is 1.00. The van der Waals surface area contributed by atoms with Crippen molar-refractivity contribution < 1.29 is 5.11 Å². The summed E-state index contributed by atoms with van der Waals surface area (Å²) in [5.41, 5.74) is 2.21. The van der Waals surface area contributed by atoms with Crippen LogP contribution in [-0.2, 0) is 0 Å². The number of nitrogens with one attached hydrogen (secondary N) is 1. The van der Waals surface area contributed by atoms with Gasteiger partial charge in [0.2, 0.25) is 0 Å². The Kier molecular flexibility index (Phi) is 2.59. The Bertz CT molecular complexity index is 733. The minimum Gasteiger partial charge on any atom is -0.507 e. The van der Waals surface area contributed by atoms with E-state index >= 15 is 0 Å². The van der Waals surface area contributed by atoms with Crippen LogP contribution in [0.2, 0.25) is 0 Å². The molecule has 2 N–H and O–H groups in total. The van der Waals surface area contributed by atoms with Gasteiger partial charge in [-0.05, 0) is 18.2 Å². The predicted octanol–water partition coefficient (Wildman–Crippen LogP) is 2.40. The number of fused-ring (bicyclic) bond motifs is 1. The second kappa shape index (κ2) is 4.28. The highest BCUT2D eigenvalue weighted by atomic mass is 16.3. The maximum atomic E-state index is 9.95. The Morgan fingerprint density at radius 2 is 1.89 bits per heavy atom. The van der Waals surface area contributed by atoms with Gasteiger partial charge in [0.05, 0.1) is 5.52 Å². The van der Waals surface area contributed by atoms with E-state index < -0.39 is 0 Å². The molecule has 0 aliphatic rings. The lowest BCUT2D eigenvalue weighted by Crippen LogP contribution is -2.12. The van der Waals surface area contributed by atoms with E-state index in [-0.39, 0.29) is 5.75 Å². The highest BCUT2D eigenvalue weighted by Gasteiger charge is 2.15. The third kappa shape index (κ3) is 1.79. The molecule has 2 heterocycles. The standard InChI is InChI=1S/C14H14N4O/c1-18(2)14-10-7-8-15-12(10)13(16-17-14)9-5-3-4-6-11(9)19/h3-8,15,19H,1-2H3. The molecule has 96 valence electrons. The lowest BCUT2D eigenvalue weighted by atomic mass is 10.1. The molecule has 3 aromatic rings. The van der Waals surface area contributed by atoms with E-state index in [1.807, 2.05) is 43.4 Å². The lowest BCUT2D eigenvalue weighted by molar-refractivity contribution is 0.477. The first kappa shape index (κ1) is 11.5. The molecular formula is C14H14N4O. The summed E-state index contributed by atoms with van der Waals surface area (Å²) in [4.78, 5) is 5.08. The number of anilines is 1. The predicted molar refractivity (Wildman–Crippen MR) is 75.3 cm³/mol. The third-order valence-electron chi connectivity index (χ3n) is 3.05. The molecule has 0 fully saturated rings. The number of aromatic hydroxyl groups is 1. The smallest absolute Gasteiger partial charge is 0.160 e. The van der Waals surface area contributed by atoms with Crippen LogP contribution in [0.1, 0.15) is 0 Å². The maximum absolute atomic E-state index is 9.95. The largest absolute Gasteiger partial charge is 0.507 e. The first-order valence-corrected chi connectivity index (χ1v) is 5.98. The number of benzene rings is 1. The van der Waals surface area contributed by atoms with Crippen LogP contribution >= 0.6 is 0 Å². The first-order chi connectivity index (χ1) is 9.18. The van der Waals surface area contributed by atoms with Crippen molar-refractivity contribution in [2.75, 3.05) is 19.0 Å². The van der Waals surface area contributed by atoms with Gasteiger partial charge < -0.3 is 15.0 Å². The summed E-state index contributed by atoms with van der Waals surface area (Å²) in [6.45, 7) is 0. The SMILES string of the molecule is CN(C)c1nnc(-c2ccccc2O)c2[nH]ccc12. The molecule has 1 aromatic carbocycles. The molecule has 0 bridgehead atoms. The minimum atomic E-state index is 0.199. The molecule has 0 spiro atoms. The average molecular weight is 254 g/mol. The zero-order chi connectivity index (χ0) is 13.4. The van der Waals surface area contributed by atoms with E-state index in [4.69, 9.17) is 0 Å². The van der Waals surface area contributed by atoms with E-state index in [2.05, 4.69) is 15.2 Å². The lowest BCUT2D eigenvalue weighted by Gasteiger charge is -2.13. The number of para-hydroxylation sites is 1. The summed E-state index contributed by atoms with van der Waals surface area (Å²) in [6.07, 6.45) is 1.85. The molecule has 19 heavy (non-hydrogen) atoms. The molecule has 0 amide bonds. The van der Waals surface area contributed by atoms with E-state index in [1.54, 1.807) is 12.1 Å². The molecule has 0 aliphatic carbocycles. The van der Waals surface area contributed by atoms with Crippen molar-refractivity contribution in [2.24, 2.45) is 0 Å². The van der Waals surface area contributed by atoms with Crippen LogP contribution in [0, 0.1) is 0 Å². The fraction of sp³-hybridized carbons (Fsp3) is 0.143. The summed E-state index contributed by atoms with van der Waals surface area (Å²) in [7, 11) is 3.85. The van der Waals surface area contributed by atoms with Gasteiger partial charge in [-0.25, -0.2) is 0 Å². The quantitative estimate of drug-likeness (QED) is 0.737. The molecular weight excluding hydrogens is 240 g/mol. The van der Waals surface area contributed by atoms with Crippen LogP contribution in [0.5, 0.6) is 5.75 Å². The molecule has 2 aromatic heterocycles. The van der Waals surface area contributed by atoms with Gasteiger partial charge in [0.15, 0.2) is 5.82 Å². The number of rotatable bonds is 2. The maximum Gasteiger partial charge on any atom is 0.160 e. The average Bonchev–Trinajstić information content (AvgIpc) is 2.87. The van der Waals surface area contributed by atoms with Crippen LogP contribution in [0.15, 0.2) is 36.5 Å². The van der Waals surface area contributed by atoms with Crippen molar-refractivity contribution in [2.45, 2.75) is 0 Å². The van der Waals surface area contributed by atoms with Crippen LogP contribution < -0.4 is 4.90 Å². The zero-order valence-electron chi connectivity index (χ0n) is 10.8. The van der Waals surface area contributed by atoms with Gasteiger partial charge in [-0.15, -0.1) is 10.2 Å². The Morgan fingerprint density at radius 1 is 1.11 bits per heavy atom. The molecule has 5 heteroatoms. The van der Waals surface area contributed by atoms with Gasteiger partial charge in [-0.3, -0.25) is 0 Å². The molecule has 0 aliphatic heterocycles. The van der Waals surface area contributed by atoms with Crippen LogP contribution in [0.3, 0.4) is 0 Å². The Morgan fingerprint density at radius 3 is 2.63 bits per heavy atom. The number of hydrogen-bond acceptors (Lipinski definition) is 4. The third-order valence-corrected chi connectivity index (χ3v) is 3.05. The molecule has 0 unspecified atom stereocenters. The molecule has 0 radical (unpaired) electrons. The number of phenolic OH excluding ortho intramolecular Hbond substituents is 1. The number of aromatic nitrogens is 3. The van der Waals surface area contributed by atoms with Gasteiger partial charge in [-0.1, -0.05) is 12.1 Å². The zero-order valence-corrected chi connectivity index (χ0v) is 10.8. The van der Waals surface area contributed by atoms with E-state index in [1.165, 1.54) is 0 Å². The summed E-state index contributed by atoms with van der Waals surface area (Å²) in [6, 6.07) is 9.08. The Balaban J connectivity index is 2.30. The topological polar surface area (TPSA) is 65.0 Å². The highest BCUT2D eigenvalue weighted by molar-refractivity contribution is 5.98. The van der Waals surface area contributed by atoms with E-state index in [9.17, 15) is 5.11 Å². The van der Waals surface area contributed by atoms with E-state index in [0.717, 1.165) is 16.7 Å². The van der Waals surface area contributed by atoms with Crippen LogP contribution in [0.25, 0.3) is 22.2 Å². The van der Waals surface area contributed by atoms with Crippen LogP contribution in [-0.4, -0.2) is 34.4 Å². The van der Waals surface area contributed by atoms with Crippen molar-refractivity contribution in [1.82, 2.24) is 15.2 Å². The van der Waals surface area contributed by atoms with Gasteiger partial charge in [0.25, 0.3) is 0 Å². The summed E-state index contributed by atoms with van der Waals surface area (Å²) in [5, 5.41) is 19.4. The molecule has 0 atom stereocenters. The van der Waals surface area contributed by atoms with Gasteiger partial charge in [0, 0.05) is 31.2 Å². The molecule has 0 saturated carbocycles. The summed E-state index contributed by atoms with van der Waals surface area (Å²) < 4.78 is 0. The monoisotopic (exact) mass is 254 g/mol. The molecule has 5 nitrogen and oxygen atoms in total. The van der Waals surface area contributed by atoms with E-state index in [0.29, 0.717) is 11.3 Å². The fourth-order valence-corrected chi connectivity index (χ4v) is 2.15. The summed E-state index contributed by atoms with van der Waals surface area (Å²) >= 11 is 0. The number of hydrogen-bond donors (Lipinski definition) is 2.